The van der Waals surface area contributed by atoms with Gasteiger partial charge in [-0.3, -0.25) is 4.79 Å². The minimum atomic E-state index is -1.36. The van der Waals surface area contributed by atoms with Crippen molar-refractivity contribution in [1.82, 2.24) is 9.80 Å². The zero-order valence-electron chi connectivity index (χ0n) is 17.5. The topological polar surface area (TPSA) is 64.0 Å². The van der Waals surface area contributed by atoms with Gasteiger partial charge in [-0.2, -0.15) is 0 Å². The van der Waals surface area contributed by atoms with Gasteiger partial charge in [-0.25, -0.2) is 0 Å². The average molecular weight is 397 g/mol. The van der Waals surface area contributed by atoms with Crippen molar-refractivity contribution in [3.63, 3.8) is 0 Å². The van der Waals surface area contributed by atoms with E-state index in [4.69, 9.17) is 0 Å². The molecule has 0 saturated carbocycles. The summed E-state index contributed by atoms with van der Waals surface area (Å²) in [6, 6.07) is 6.66. The Balaban J connectivity index is 1.38. The van der Waals surface area contributed by atoms with E-state index in [9.17, 15) is 15.0 Å². The predicted octanol–water partition coefficient (Wildman–Crippen LogP) is 2.21. The number of allylic oxidation sites excluding steroid dienone is 3. The highest BCUT2D eigenvalue weighted by atomic mass is 16.3. The smallest absolute Gasteiger partial charge is 0.253 e. The number of carbonyl (C=O) groups is 1. The molecule has 1 amide bonds. The molecular formula is C24H32N2O3. The van der Waals surface area contributed by atoms with Crippen LogP contribution >= 0.6 is 0 Å². The van der Waals surface area contributed by atoms with Crippen LogP contribution in [0, 0.1) is 0 Å². The van der Waals surface area contributed by atoms with Gasteiger partial charge in [0.25, 0.3) is 5.91 Å². The van der Waals surface area contributed by atoms with Gasteiger partial charge in [-0.15, -0.1) is 0 Å². The maximum Gasteiger partial charge on any atom is 0.253 e. The van der Waals surface area contributed by atoms with Crippen LogP contribution in [-0.4, -0.2) is 63.3 Å². The molecular weight excluding hydrogens is 364 g/mol. The third kappa shape index (κ3) is 4.41. The number of hydrogen-bond donors (Lipinski definition) is 2. The molecule has 1 aliphatic carbocycles. The molecule has 2 N–H and O–H groups in total. The first-order valence-corrected chi connectivity index (χ1v) is 10.7. The molecule has 5 nitrogen and oxygen atoms in total. The Morgan fingerprint density at radius 2 is 1.76 bits per heavy atom. The van der Waals surface area contributed by atoms with E-state index in [-0.39, 0.29) is 5.91 Å². The zero-order chi connectivity index (χ0) is 20.6. The molecule has 29 heavy (non-hydrogen) atoms. The molecule has 0 unspecified atom stereocenters. The van der Waals surface area contributed by atoms with Crippen molar-refractivity contribution in [2.75, 3.05) is 26.2 Å². The second-order valence-corrected chi connectivity index (χ2v) is 9.29. The maximum absolute atomic E-state index is 12.3. The van der Waals surface area contributed by atoms with Crippen LogP contribution in [0.3, 0.4) is 0 Å². The fraction of sp³-hybridized carbons (Fsp3) is 0.542. The first-order valence-electron chi connectivity index (χ1n) is 10.7. The highest BCUT2D eigenvalue weighted by Crippen LogP contribution is 2.29. The summed E-state index contributed by atoms with van der Waals surface area (Å²) >= 11 is 0. The van der Waals surface area contributed by atoms with E-state index in [2.05, 4.69) is 41.3 Å². The molecule has 0 radical (unpaired) electrons. The normalized spacial score (nSPS) is 21.2. The Bertz CT molecular complexity index is 842. The van der Waals surface area contributed by atoms with E-state index in [0.717, 1.165) is 25.9 Å². The molecule has 1 aromatic rings. The van der Waals surface area contributed by atoms with Crippen molar-refractivity contribution >= 4 is 5.91 Å². The van der Waals surface area contributed by atoms with Crippen LogP contribution in [0.2, 0.25) is 0 Å². The minimum absolute atomic E-state index is 0.259. The number of hydrogen-bond acceptors (Lipinski definition) is 4. The molecule has 5 heteroatoms. The molecule has 156 valence electrons. The average Bonchev–Trinajstić information content (AvgIpc) is 2.82. The monoisotopic (exact) mass is 396 g/mol. The van der Waals surface area contributed by atoms with Gasteiger partial charge in [0.2, 0.25) is 0 Å². The number of nitrogens with zero attached hydrogens (tertiary/aromatic N) is 2. The molecule has 0 spiro atoms. The maximum atomic E-state index is 12.3. The number of rotatable bonds is 4. The first-order chi connectivity index (χ1) is 13.7. The number of fused-ring (bicyclic) bond motifs is 1. The molecule has 0 aromatic heterocycles. The molecule has 0 bridgehead atoms. The van der Waals surface area contributed by atoms with Gasteiger partial charge in [0.1, 0.15) is 5.60 Å². The number of aliphatic hydroxyl groups is 2. The fourth-order valence-corrected chi connectivity index (χ4v) is 4.61. The number of carbonyl (C=O) groups excluding carboxylic acids is 1. The Labute approximate surface area is 173 Å². The Hall–Kier alpha value is -2.11. The fourth-order valence-electron chi connectivity index (χ4n) is 4.61. The molecule has 3 aliphatic rings. The van der Waals surface area contributed by atoms with Crippen molar-refractivity contribution < 1.29 is 15.0 Å². The molecule has 1 aromatic carbocycles. The molecule has 2 heterocycles. The van der Waals surface area contributed by atoms with Gasteiger partial charge in [-0.1, -0.05) is 24.3 Å². The SMILES string of the molecule is CC(C)(O)C(=O)N1CCC(O)(Cc2ccc3c(c2)CCN(C2=CC=C2)CC3)CC1. The first kappa shape index (κ1) is 20.2. The van der Waals surface area contributed by atoms with E-state index < -0.39 is 11.2 Å². The van der Waals surface area contributed by atoms with Crippen molar-refractivity contribution in [2.24, 2.45) is 0 Å². The van der Waals surface area contributed by atoms with E-state index in [1.807, 2.05) is 0 Å². The van der Waals surface area contributed by atoms with Gasteiger partial charge >= 0.3 is 0 Å². The quantitative estimate of drug-likeness (QED) is 0.819. The summed E-state index contributed by atoms with van der Waals surface area (Å²) in [5, 5.41) is 21.1. The van der Waals surface area contributed by atoms with Crippen LogP contribution in [0.5, 0.6) is 0 Å². The summed E-state index contributed by atoms with van der Waals surface area (Å²) < 4.78 is 0. The second-order valence-electron chi connectivity index (χ2n) is 9.29. The Morgan fingerprint density at radius 3 is 2.34 bits per heavy atom. The van der Waals surface area contributed by atoms with E-state index in [1.54, 1.807) is 4.90 Å². The molecule has 1 saturated heterocycles. The van der Waals surface area contributed by atoms with Crippen molar-refractivity contribution in [1.29, 1.82) is 0 Å². The third-order valence-corrected chi connectivity index (χ3v) is 6.51. The van der Waals surface area contributed by atoms with Gasteiger partial charge < -0.3 is 20.0 Å². The van der Waals surface area contributed by atoms with Crippen LogP contribution in [0.15, 0.2) is 42.1 Å². The van der Waals surface area contributed by atoms with Gasteiger partial charge in [-0.05, 0) is 68.4 Å². The van der Waals surface area contributed by atoms with Crippen LogP contribution in [0.25, 0.3) is 0 Å². The Morgan fingerprint density at radius 1 is 1.10 bits per heavy atom. The molecule has 2 aliphatic heterocycles. The highest BCUT2D eigenvalue weighted by molar-refractivity contribution is 5.84. The lowest BCUT2D eigenvalue weighted by molar-refractivity contribution is -0.151. The molecule has 0 atom stereocenters. The van der Waals surface area contributed by atoms with Crippen LogP contribution in [-0.2, 0) is 24.1 Å². The minimum Gasteiger partial charge on any atom is -0.389 e. The van der Waals surface area contributed by atoms with Crippen LogP contribution in [0.1, 0.15) is 43.4 Å². The largest absolute Gasteiger partial charge is 0.389 e. The lowest BCUT2D eigenvalue weighted by Gasteiger charge is -2.40. The standard InChI is InChI=1S/C24H32N2O3/c1-23(2,28)22(27)26-14-10-24(29,11-15-26)17-18-6-7-19-8-12-25(21-4-3-5-21)13-9-20(19)16-18/h3-7,16,28-29H,8-15,17H2,1-2H3. The zero-order valence-corrected chi connectivity index (χ0v) is 17.5. The number of piperidine rings is 1. The van der Waals surface area contributed by atoms with Gasteiger partial charge in [0, 0.05) is 38.3 Å². The summed E-state index contributed by atoms with van der Waals surface area (Å²) in [5.74, 6) is -0.259. The van der Waals surface area contributed by atoms with Gasteiger partial charge in [0.15, 0.2) is 0 Å². The van der Waals surface area contributed by atoms with Crippen molar-refractivity contribution in [3.8, 4) is 0 Å². The molecule has 1 fully saturated rings. The van der Waals surface area contributed by atoms with Crippen molar-refractivity contribution in [3.05, 3.63) is 58.8 Å². The van der Waals surface area contributed by atoms with E-state index in [0.29, 0.717) is 32.4 Å². The van der Waals surface area contributed by atoms with Gasteiger partial charge in [0.05, 0.1) is 5.60 Å². The lowest BCUT2D eigenvalue weighted by Crippen LogP contribution is -2.52. The summed E-state index contributed by atoms with van der Waals surface area (Å²) in [7, 11) is 0. The number of likely N-dealkylation sites (tertiary alicyclic amines) is 1. The van der Waals surface area contributed by atoms with Crippen LogP contribution < -0.4 is 0 Å². The highest BCUT2D eigenvalue weighted by Gasteiger charge is 2.37. The van der Waals surface area contributed by atoms with E-state index >= 15 is 0 Å². The lowest BCUT2D eigenvalue weighted by atomic mass is 9.84. The summed E-state index contributed by atoms with van der Waals surface area (Å²) in [6.07, 6.45) is 10.2. The second kappa shape index (κ2) is 7.62. The number of amides is 1. The third-order valence-electron chi connectivity index (χ3n) is 6.51. The number of benzene rings is 1. The van der Waals surface area contributed by atoms with E-state index in [1.165, 1.54) is 36.2 Å². The van der Waals surface area contributed by atoms with Crippen LogP contribution in [0.4, 0.5) is 0 Å². The summed E-state index contributed by atoms with van der Waals surface area (Å²) in [6.45, 7) is 6.10. The molecule has 4 rings (SSSR count). The Kier molecular flexibility index (Phi) is 5.30. The van der Waals surface area contributed by atoms with Crippen molar-refractivity contribution in [2.45, 2.75) is 57.2 Å². The predicted molar refractivity (Wildman–Crippen MR) is 113 cm³/mol. The summed E-state index contributed by atoms with van der Waals surface area (Å²) in [4.78, 5) is 16.4. The summed E-state index contributed by atoms with van der Waals surface area (Å²) in [5.41, 5.74) is 3.17.